The normalized spacial score (nSPS) is 11.4. The van der Waals surface area contributed by atoms with E-state index in [1.165, 1.54) is 5.56 Å². The van der Waals surface area contributed by atoms with E-state index in [-0.39, 0.29) is 11.3 Å². The Kier molecular flexibility index (Phi) is 3.97. The Labute approximate surface area is 105 Å². The van der Waals surface area contributed by atoms with E-state index in [4.69, 9.17) is 0 Å². The van der Waals surface area contributed by atoms with Gasteiger partial charge in [-0.2, -0.15) is 0 Å². The molecule has 17 heavy (non-hydrogen) atoms. The van der Waals surface area contributed by atoms with Gasteiger partial charge in [-0.1, -0.05) is 45.9 Å². The van der Waals surface area contributed by atoms with Crippen LogP contribution in [0.15, 0.2) is 18.2 Å². The highest BCUT2D eigenvalue weighted by Crippen LogP contribution is 2.28. The van der Waals surface area contributed by atoms with E-state index in [9.17, 15) is 4.79 Å². The summed E-state index contributed by atoms with van der Waals surface area (Å²) >= 11 is 0. The zero-order valence-corrected chi connectivity index (χ0v) is 11.8. The summed E-state index contributed by atoms with van der Waals surface area (Å²) in [7, 11) is 1.87. The maximum atomic E-state index is 12.3. The number of benzene rings is 1. The minimum absolute atomic E-state index is 0.154. The van der Waals surface area contributed by atoms with Crippen LogP contribution in [0.25, 0.3) is 0 Å². The Bertz CT molecular complexity index is 415. The molecule has 0 N–H and O–H groups in total. The third-order valence-corrected chi connectivity index (χ3v) is 2.98. The summed E-state index contributed by atoms with van der Waals surface area (Å²) in [5.74, 6) is 0.154. The fourth-order valence-corrected chi connectivity index (χ4v) is 2.09. The van der Waals surface area contributed by atoms with Gasteiger partial charge < -0.3 is 4.90 Å². The van der Waals surface area contributed by atoms with Crippen LogP contribution in [0, 0.1) is 12.3 Å². The van der Waals surface area contributed by atoms with E-state index in [1.807, 2.05) is 33.9 Å². The zero-order chi connectivity index (χ0) is 13.2. The van der Waals surface area contributed by atoms with E-state index < -0.39 is 0 Å². The van der Waals surface area contributed by atoms with Gasteiger partial charge in [-0.05, 0) is 24.5 Å². The number of carbonyl (C=O) groups is 1. The Hall–Kier alpha value is -1.31. The third-order valence-electron chi connectivity index (χ3n) is 2.98. The van der Waals surface area contributed by atoms with Gasteiger partial charge in [-0.25, -0.2) is 0 Å². The van der Waals surface area contributed by atoms with Gasteiger partial charge in [0.2, 0.25) is 5.91 Å². The highest BCUT2D eigenvalue weighted by molar-refractivity contribution is 5.97. The molecule has 2 nitrogen and oxygen atoms in total. The summed E-state index contributed by atoms with van der Waals surface area (Å²) < 4.78 is 0. The molecule has 0 spiro atoms. The second-order valence-electron chi connectivity index (χ2n) is 5.55. The largest absolute Gasteiger partial charge is 0.314 e. The van der Waals surface area contributed by atoms with Crippen molar-refractivity contribution in [3.63, 3.8) is 0 Å². The number of aryl methyl sites for hydroxylation is 2. The minimum Gasteiger partial charge on any atom is -0.314 e. The quantitative estimate of drug-likeness (QED) is 0.764. The number of carbonyl (C=O) groups excluding carboxylic acids is 1. The molecule has 0 saturated carbocycles. The number of rotatable bonds is 2. The lowest BCUT2D eigenvalue weighted by molar-refractivity contribution is -0.125. The number of hydrogen-bond donors (Lipinski definition) is 0. The molecule has 0 bridgehead atoms. The standard InChI is InChI=1S/C15H23NO/c1-7-12-10-8-9-11(2)13(12)16(6)14(17)15(3,4)5/h8-10H,7H2,1-6H3. The van der Waals surface area contributed by atoms with Gasteiger partial charge in [-0.15, -0.1) is 0 Å². The molecule has 1 aromatic carbocycles. The highest BCUT2D eigenvalue weighted by atomic mass is 16.2. The molecule has 0 aliphatic heterocycles. The van der Waals surface area contributed by atoms with Crippen molar-refractivity contribution in [3.8, 4) is 0 Å². The maximum absolute atomic E-state index is 12.3. The lowest BCUT2D eigenvalue weighted by Gasteiger charge is -2.29. The van der Waals surface area contributed by atoms with E-state index in [1.54, 1.807) is 4.90 Å². The molecular weight excluding hydrogens is 210 g/mol. The second-order valence-corrected chi connectivity index (χ2v) is 5.55. The van der Waals surface area contributed by atoms with Crippen LogP contribution in [0.3, 0.4) is 0 Å². The van der Waals surface area contributed by atoms with Crippen molar-refractivity contribution in [2.75, 3.05) is 11.9 Å². The molecular formula is C15H23NO. The number of nitrogens with zero attached hydrogens (tertiary/aromatic N) is 1. The highest BCUT2D eigenvalue weighted by Gasteiger charge is 2.27. The van der Waals surface area contributed by atoms with Crippen molar-refractivity contribution in [1.82, 2.24) is 0 Å². The molecule has 0 fully saturated rings. The lowest BCUT2D eigenvalue weighted by Crippen LogP contribution is -2.37. The molecule has 0 aliphatic carbocycles. The van der Waals surface area contributed by atoms with Crippen LogP contribution >= 0.6 is 0 Å². The second kappa shape index (κ2) is 4.91. The molecule has 0 aromatic heterocycles. The van der Waals surface area contributed by atoms with Gasteiger partial charge in [0.05, 0.1) is 0 Å². The fourth-order valence-electron chi connectivity index (χ4n) is 2.09. The molecule has 1 amide bonds. The van der Waals surface area contributed by atoms with Crippen LogP contribution in [0.4, 0.5) is 5.69 Å². The third kappa shape index (κ3) is 2.87. The van der Waals surface area contributed by atoms with Gasteiger partial charge in [-0.3, -0.25) is 4.79 Å². The van der Waals surface area contributed by atoms with Crippen molar-refractivity contribution in [3.05, 3.63) is 29.3 Å². The van der Waals surface area contributed by atoms with E-state index in [0.29, 0.717) is 0 Å². The predicted molar refractivity (Wildman–Crippen MR) is 73.4 cm³/mol. The Morgan fingerprint density at radius 3 is 2.35 bits per heavy atom. The first-order valence-corrected chi connectivity index (χ1v) is 6.15. The fraction of sp³-hybridized carbons (Fsp3) is 0.533. The van der Waals surface area contributed by atoms with E-state index >= 15 is 0 Å². The molecule has 0 saturated heterocycles. The maximum Gasteiger partial charge on any atom is 0.232 e. The van der Waals surface area contributed by atoms with Crippen molar-refractivity contribution in [2.24, 2.45) is 5.41 Å². The molecule has 94 valence electrons. The van der Waals surface area contributed by atoms with Crippen LogP contribution in [0.2, 0.25) is 0 Å². The first-order valence-electron chi connectivity index (χ1n) is 6.15. The lowest BCUT2D eigenvalue weighted by atomic mass is 9.93. The Balaban J connectivity index is 3.21. The Morgan fingerprint density at radius 1 is 1.29 bits per heavy atom. The van der Waals surface area contributed by atoms with Crippen molar-refractivity contribution < 1.29 is 4.79 Å². The summed E-state index contributed by atoms with van der Waals surface area (Å²) in [5.41, 5.74) is 3.10. The molecule has 0 heterocycles. The smallest absolute Gasteiger partial charge is 0.232 e. The number of hydrogen-bond acceptors (Lipinski definition) is 1. The summed E-state index contributed by atoms with van der Waals surface area (Å²) in [6, 6.07) is 6.20. The average Bonchev–Trinajstić information content (AvgIpc) is 2.25. The Morgan fingerprint density at radius 2 is 1.88 bits per heavy atom. The number of anilines is 1. The van der Waals surface area contributed by atoms with Gasteiger partial charge >= 0.3 is 0 Å². The van der Waals surface area contributed by atoms with E-state index in [0.717, 1.165) is 17.7 Å². The molecule has 0 radical (unpaired) electrons. The van der Waals surface area contributed by atoms with Crippen molar-refractivity contribution in [1.29, 1.82) is 0 Å². The summed E-state index contributed by atoms with van der Waals surface area (Å²) in [6.45, 7) is 10.0. The summed E-state index contributed by atoms with van der Waals surface area (Å²) in [4.78, 5) is 14.1. The molecule has 2 heteroatoms. The van der Waals surface area contributed by atoms with Crippen LogP contribution in [-0.4, -0.2) is 13.0 Å². The van der Waals surface area contributed by atoms with Crippen molar-refractivity contribution >= 4 is 11.6 Å². The van der Waals surface area contributed by atoms with Gasteiger partial charge in [0.1, 0.15) is 0 Å². The number of para-hydroxylation sites is 1. The summed E-state index contributed by atoms with van der Waals surface area (Å²) in [6.07, 6.45) is 0.943. The van der Waals surface area contributed by atoms with Crippen LogP contribution in [-0.2, 0) is 11.2 Å². The van der Waals surface area contributed by atoms with Crippen molar-refractivity contribution in [2.45, 2.75) is 41.0 Å². The van der Waals surface area contributed by atoms with E-state index in [2.05, 4.69) is 26.0 Å². The van der Waals surface area contributed by atoms with Crippen LogP contribution in [0.5, 0.6) is 0 Å². The van der Waals surface area contributed by atoms with Crippen LogP contribution in [0.1, 0.15) is 38.8 Å². The molecule has 0 unspecified atom stereocenters. The number of amides is 1. The SMILES string of the molecule is CCc1cccc(C)c1N(C)C(=O)C(C)(C)C. The molecule has 1 aromatic rings. The van der Waals surface area contributed by atoms with Crippen LogP contribution < -0.4 is 4.90 Å². The average molecular weight is 233 g/mol. The topological polar surface area (TPSA) is 20.3 Å². The zero-order valence-electron chi connectivity index (χ0n) is 11.8. The monoisotopic (exact) mass is 233 g/mol. The van der Waals surface area contributed by atoms with Gasteiger partial charge in [0.25, 0.3) is 0 Å². The molecule has 0 atom stereocenters. The first-order chi connectivity index (χ1) is 7.79. The van der Waals surface area contributed by atoms with Gasteiger partial charge in [0, 0.05) is 18.2 Å². The predicted octanol–water partition coefficient (Wildman–Crippen LogP) is 3.57. The minimum atomic E-state index is -0.345. The molecule has 1 rings (SSSR count). The molecule has 0 aliphatic rings. The first kappa shape index (κ1) is 13.8. The summed E-state index contributed by atoms with van der Waals surface area (Å²) in [5, 5.41) is 0. The van der Waals surface area contributed by atoms with Gasteiger partial charge in [0.15, 0.2) is 0 Å².